The van der Waals surface area contributed by atoms with E-state index in [1.54, 1.807) is 0 Å². The number of carbonyl (C=O) groups excluding carboxylic acids is 1. The van der Waals surface area contributed by atoms with E-state index in [1.807, 2.05) is 31.2 Å². The second-order valence-corrected chi connectivity index (χ2v) is 5.10. The van der Waals surface area contributed by atoms with E-state index in [0.717, 1.165) is 29.5 Å². The van der Waals surface area contributed by atoms with Crippen molar-refractivity contribution in [1.82, 2.24) is 10.6 Å². The topological polar surface area (TPSA) is 41.1 Å². The van der Waals surface area contributed by atoms with Gasteiger partial charge in [0.05, 0.1) is 6.04 Å². The lowest BCUT2D eigenvalue weighted by molar-refractivity contribution is -0.121. The van der Waals surface area contributed by atoms with Crippen LogP contribution in [0.15, 0.2) is 28.7 Å². The first kappa shape index (κ1) is 15.2. The lowest BCUT2D eigenvalue weighted by Crippen LogP contribution is -2.30. The van der Waals surface area contributed by atoms with Gasteiger partial charge in [0.25, 0.3) is 0 Å². The van der Waals surface area contributed by atoms with E-state index >= 15 is 0 Å². The van der Waals surface area contributed by atoms with E-state index in [1.165, 1.54) is 0 Å². The van der Waals surface area contributed by atoms with Gasteiger partial charge in [-0.2, -0.15) is 0 Å². The summed E-state index contributed by atoms with van der Waals surface area (Å²) in [5, 5.41) is 6.22. The highest BCUT2D eigenvalue weighted by Gasteiger charge is 2.11. The van der Waals surface area contributed by atoms with Crippen LogP contribution in [0.2, 0.25) is 0 Å². The maximum Gasteiger partial charge on any atom is 0.221 e. The molecule has 0 aliphatic rings. The molecule has 0 heterocycles. The van der Waals surface area contributed by atoms with Crippen LogP contribution in [0.25, 0.3) is 0 Å². The summed E-state index contributed by atoms with van der Waals surface area (Å²) in [6.45, 7) is 5.75. The van der Waals surface area contributed by atoms with E-state index in [2.05, 4.69) is 33.5 Å². The molecule has 0 saturated carbocycles. The number of hydrogen-bond acceptors (Lipinski definition) is 2. The number of benzene rings is 1. The Kier molecular flexibility index (Phi) is 6.98. The third kappa shape index (κ3) is 5.19. The SMILES string of the molecule is CCNCCC(=O)NC(CC)c1ccc(Br)cc1. The number of carbonyl (C=O) groups is 1. The molecule has 0 aliphatic heterocycles. The molecule has 1 atom stereocenters. The van der Waals surface area contributed by atoms with Gasteiger partial charge in [-0.3, -0.25) is 4.79 Å². The van der Waals surface area contributed by atoms with Gasteiger partial charge in [-0.1, -0.05) is 41.9 Å². The van der Waals surface area contributed by atoms with Crippen LogP contribution in [0.4, 0.5) is 0 Å². The van der Waals surface area contributed by atoms with E-state index in [0.29, 0.717) is 6.42 Å². The van der Waals surface area contributed by atoms with Crippen molar-refractivity contribution in [2.45, 2.75) is 32.7 Å². The minimum Gasteiger partial charge on any atom is -0.349 e. The monoisotopic (exact) mass is 312 g/mol. The van der Waals surface area contributed by atoms with Crippen molar-refractivity contribution in [2.75, 3.05) is 13.1 Å². The first-order valence-corrected chi connectivity index (χ1v) is 7.22. The Morgan fingerprint density at radius 3 is 2.50 bits per heavy atom. The Balaban J connectivity index is 2.51. The summed E-state index contributed by atoms with van der Waals surface area (Å²) in [5.74, 6) is 0.103. The van der Waals surface area contributed by atoms with Crippen LogP contribution in [0.1, 0.15) is 38.3 Å². The molecule has 0 aromatic heterocycles. The quantitative estimate of drug-likeness (QED) is 0.760. The third-order valence-electron chi connectivity index (χ3n) is 2.79. The van der Waals surface area contributed by atoms with Gasteiger partial charge in [0.1, 0.15) is 0 Å². The van der Waals surface area contributed by atoms with E-state index in [9.17, 15) is 4.79 Å². The fourth-order valence-corrected chi connectivity index (χ4v) is 2.03. The van der Waals surface area contributed by atoms with Crippen molar-refractivity contribution in [1.29, 1.82) is 0 Å². The molecule has 0 bridgehead atoms. The van der Waals surface area contributed by atoms with Crippen LogP contribution < -0.4 is 10.6 Å². The van der Waals surface area contributed by atoms with Gasteiger partial charge < -0.3 is 10.6 Å². The van der Waals surface area contributed by atoms with Crippen molar-refractivity contribution in [3.05, 3.63) is 34.3 Å². The standard InChI is InChI=1S/C14H21BrN2O/c1-3-13(11-5-7-12(15)8-6-11)17-14(18)9-10-16-4-2/h5-8,13,16H,3-4,9-10H2,1-2H3,(H,17,18). The van der Waals surface area contributed by atoms with Gasteiger partial charge in [0.2, 0.25) is 5.91 Å². The fraction of sp³-hybridized carbons (Fsp3) is 0.500. The summed E-state index contributed by atoms with van der Waals surface area (Å²) in [5.41, 5.74) is 1.15. The second kappa shape index (κ2) is 8.27. The van der Waals surface area contributed by atoms with Gasteiger partial charge >= 0.3 is 0 Å². The molecule has 1 aromatic rings. The molecule has 0 spiro atoms. The number of halogens is 1. The average molecular weight is 313 g/mol. The molecule has 0 fully saturated rings. The van der Waals surface area contributed by atoms with Crippen LogP contribution in [-0.2, 0) is 4.79 Å². The highest BCUT2D eigenvalue weighted by Crippen LogP contribution is 2.19. The summed E-state index contributed by atoms with van der Waals surface area (Å²) in [7, 11) is 0. The van der Waals surface area contributed by atoms with E-state index in [-0.39, 0.29) is 11.9 Å². The third-order valence-corrected chi connectivity index (χ3v) is 3.32. The van der Waals surface area contributed by atoms with Crippen LogP contribution in [-0.4, -0.2) is 19.0 Å². The molecule has 4 heteroatoms. The van der Waals surface area contributed by atoms with Crippen molar-refractivity contribution in [3.63, 3.8) is 0 Å². The Morgan fingerprint density at radius 2 is 1.94 bits per heavy atom. The average Bonchev–Trinajstić information content (AvgIpc) is 2.37. The molecule has 2 N–H and O–H groups in total. The molecular formula is C14H21BrN2O. The highest BCUT2D eigenvalue weighted by molar-refractivity contribution is 9.10. The van der Waals surface area contributed by atoms with Gasteiger partial charge in [0, 0.05) is 17.4 Å². The molecule has 18 heavy (non-hydrogen) atoms. The maximum absolute atomic E-state index is 11.8. The Labute approximate surface area is 117 Å². The molecule has 0 radical (unpaired) electrons. The molecule has 1 amide bonds. The summed E-state index contributed by atoms with van der Waals surface area (Å²) >= 11 is 3.41. The molecule has 3 nitrogen and oxygen atoms in total. The van der Waals surface area contributed by atoms with Gasteiger partial charge in [0.15, 0.2) is 0 Å². The van der Waals surface area contributed by atoms with Gasteiger partial charge in [-0.25, -0.2) is 0 Å². The molecular weight excluding hydrogens is 292 g/mol. The minimum atomic E-state index is 0.103. The Bertz CT molecular complexity index is 365. The zero-order chi connectivity index (χ0) is 13.4. The van der Waals surface area contributed by atoms with E-state index < -0.39 is 0 Å². The smallest absolute Gasteiger partial charge is 0.221 e. The summed E-state index contributed by atoms with van der Waals surface area (Å²) in [6.07, 6.45) is 1.43. The maximum atomic E-state index is 11.8. The lowest BCUT2D eigenvalue weighted by atomic mass is 10.0. The zero-order valence-corrected chi connectivity index (χ0v) is 12.6. The summed E-state index contributed by atoms with van der Waals surface area (Å²) in [6, 6.07) is 8.20. The largest absolute Gasteiger partial charge is 0.349 e. The number of rotatable bonds is 7. The normalized spacial score (nSPS) is 12.2. The van der Waals surface area contributed by atoms with Crippen LogP contribution in [0, 0.1) is 0 Å². The van der Waals surface area contributed by atoms with Crippen LogP contribution in [0.3, 0.4) is 0 Å². The zero-order valence-electron chi connectivity index (χ0n) is 11.0. The highest BCUT2D eigenvalue weighted by atomic mass is 79.9. The Morgan fingerprint density at radius 1 is 1.28 bits per heavy atom. The minimum absolute atomic E-state index is 0.103. The predicted octanol–water partition coefficient (Wildman–Crippen LogP) is 3.02. The van der Waals surface area contributed by atoms with Crippen molar-refractivity contribution in [3.8, 4) is 0 Å². The van der Waals surface area contributed by atoms with Gasteiger partial charge in [-0.15, -0.1) is 0 Å². The molecule has 0 saturated heterocycles. The fourth-order valence-electron chi connectivity index (χ4n) is 1.76. The van der Waals surface area contributed by atoms with Crippen LogP contribution in [0.5, 0.6) is 0 Å². The summed E-state index contributed by atoms with van der Waals surface area (Å²) in [4.78, 5) is 11.8. The molecule has 100 valence electrons. The van der Waals surface area contributed by atoms with Crippen LogP contribution >= 0.6 is 15.9 Å². The van der Waals surface area contributed by atoms with Gasteiger partial charge in [-0.05, 0) is 30.7 Å². The first-order chi connectivity index (χ1) is 8.67. The van der Waals surface area contributed by atoms with Crippen molar-refractivity contribution in [2.24, 2.45) is 0 Å². The molecule has 1 unspecified atom stereocenters. The number of amides is 1. The molecule has 1 rings (SSSR count). The first-order valence-electron chi connectivity index (χ1n) is 6.42. The molecule has 0 aliphatic carbocycles. The van der Waals surface area contributed by atoms with Crippen molar-refractivity contribution < 1.29 is 4.79 Å². The Hall–Kier alpha value is -0.870. The second-order valence-electron chi connectivity index (χ2n) is 4.18. The predicted molar refractivity (Wildman–Crippen MR) is 78.5 cm³/mol. The lowest BCUT2D eigenvalue weighted by Gasteiger charge is -2.17. The molecule has 1 aromatic carbocycles. The van der Waals surface area contributed by atoms with Crippen molar-refractivity contribution >= 4 is 21.8 Å². The number of hydrogen-bond donors (Lipinski definition) is 2. The summed E-state index contributed by atoms with van der Waals surface area (Å²) < 4.78 is 1.06. The number of nitrogens with one attached hydrogen (secondary N) is 2. The van der Waals surface area contributed by atoms with E-state index in [4.69, 9.17) is 0 Å².